The van der Waals surface area contributed by atoms with E-state index in [-0.39, 0.29) is 38.1 Å². The molecular formula is C33H46N8O7. The SMILES string of the molecule is NCCC[C@H](N)C(=O)NC[C@H](CO)NC(=O)[C@@]12C[C@@H]1c1cccc(c1)-c1ccc(O)c(c1)[C@@H]1C[C@]1(N)C(=O)N[C@@H](C[C@@H](O)CN)C(=O)N2. The molecule has 0 aromatic heterocycles. The quantitative estimate of drug-likeness (QED) is 0.112. The number of rotatable bonds is 12. The largest absolute Gasteiger partial charge is 0.508 e. The van der Waals surface area contributed by atoms with E-state index in [1.54, 1.807) is 18.2 Å². The number of nitrogens with one attached hydrogen (secondary N) is 4. The highest BCUT2D eigenvalue weighted by Crippen LogP contribution is 2.54. The normalized spacial score (nSPS) is 27.8. The maximum absolute atomic E-state index is 14.0. The molecule has 15 N–H and O–H groups in total. The molecule has 2 fully saturated rings. The summed E-state index contributed by atoms with van der Waals surface area (Å²) in [5.41, 5.74) is 23.4. The third-order valence-electron chi connectivity index (χ3n) is 9.70. The van der Waals surface area contributed by atoms with Crippen LogP contribution < -0.4 is 44.2 Å². The van der Waals surface area contributed by atoms with Crippen molar-refractivity contribution in [2.75, 3.05) is 26.2 Å². The summed E-state index contributed by atoms with van der Waals surface area (Å²) in [6.45, 7) is -0.435. The Balaban J connectivity index is 1.47. The van der Waals surface area contributed by atoms with Crippen LogP contribution in [0.15, 0.2) is 42.5 Å². The number of phenols is 1. The highest BCUT2D eigenvalue weighted by atomic mass is 16.3. The van der Waals surface area contributed by atoms with Gasteiger partial charge in [-0.3, -0.25) is 19.2 Å². The summed E-state index contributed by atoms with van der Waals surface area (Å²) in [6, 6.07) is 9.51. The first-order valence-electron chi connectivity index (χ1n) is 16.2. The standard InChI is InChI=1S/C33H46N8O7/c34-8-2-5-25(36)28(45)38-15-20(16-42)39-31(48)33-13-23(33)19-4-1-3-17(9-19)18-6-7-27(44)22(10-18)24-12-32(24,37)30(47)40-26(29(46)41-33)11-21(43)14-35/h1,3-4,6-7,9-10,20-21,23-26,42-44H,2,5,8,11-16,34-37H2,(H,38,45)(H,39,48)(H,40,47)(H,41,46)/t20-,21-,23-,24+,25+,26+,32-,33-/m1/s1. The fraction of sp³-hybridized carbons (Fsp3) is 0.515. The summed E-state index contributed by atoms with van der Waals surface area (Å²) in [6.07, 6.45) is -0.0562. The lowest BCUT2D eigenvalue weighted by atomic mass is 9.95. The zero-order chi connectivity index (χ0) is 34.8. The van der Waals surface area contributed by atoms with Crippen molar-refractivity contribution < 1.29 is 34.5 Å². The van der Waals surface area contributed by atoms with Gasteiger partial charge in [0.25, 0.3) is 0 Å². The number of carbonyl (C=O) groups is 4. The fourth-order valence-corrected chi connectivity index (χ4v) is 6.48. The van der Waals surface area contributed by atoms with Crippen LogP contribution in [-0.2, 0) is 19.2 Å². The summed E-state index contributed by atoms with van der Waals surface area (Å²) < 4.78 is 0. The molecule has 48 heavy (non-hydrogen) atoms. The zero-order valence-corrected chi connectivity index (χ0v) is 26.7. The zero-order valence-electron chi connectivity index (χ0n) is 26.7. The van der Waals surface area contributed by atoms with Crippen LogP contribution in [0.3, 0.4) is 0 Å². The fourth-order valence-electron chi connectivity index (χ4n) is 6.48. The number of carbonyl (C=O) groups excluding carboxylic acids is 4. The van der Waals surface area contributed by atoms with Crippen LogP contribution in [0, 0.1) is 0 Å². The Morgan fingerprint density at radius 2 is 1.81 bits per heavy atom. The summed E-state index contributed by atoms with van der Waals surface area (Å²) in [7, 11) is 0. The molecule has 260 valence electrons. The van der Waals surface area contributed by atoms with Gasteiger partial charge in [-0.2, -0.15) is 0 Å². The van der Waals surface area contributed by atoms with Crippen LogP contribution >= 0.6 is 0 Å². The Morgan fingerprint density at radius 1 is 1.06 bits per heavy atom. The van der Waals surface area contributed by atoms with E-state index in [1.807, 2.05) is 24.3 Å². The molecule has 2 aromatic carbocycles. The molecule has 0 unspecified atom stereocenters. The molecule has 2 aromatic rings. The van der Waals surface area contributed by atoms with Gasteiger partial charge in [0.15, 0.2) is 0 Å². The van der Waals surface area contributed by atoms with E-state index in [0.29, 0.717) is 24.9 Å². The maximum atomic E-state index is 14.0. The predicted octanol–water partition coefficient (Wildman–Crippen LogP) is -2.55. The lowest BCUT2D eigenvalue weighted by Gasteiger charge is -2.27. The third-order valence-corrected chi connectivity index (χ3v) is 9.70. The minimum atomic E-state index is -1.50. The first-order valence-corrected chi connectivity index (χ1v) is 16.2. The van der Waals surface area contributed by atoms with Crippen LogP contribution in [0.2, 0.25) is 0 Å². The number of fused-ring (bicyclic) bond motifs is 9. The second-order valence-corrected chi connectivity index (χ2v) is 13.2. The molecule has 15 heteroatoms. The molecule has 2 saturated carbocycles. The first-order chi connectivity index (χ1) is 22.9. The van der Waals surface area contributed by atoms with Crippen LogP contribution in [0.1, 0.15) is 55.1 Å². The highest BCUT2D eigenvalue weighted by Gasteiger charge is 2.63. The number of hydrogen-bond acceptors (Lipinski definition) is 11. The molecule has 3 aliphatic rings. The molecule has 4 bridgehead atoms. The number of phenolic OH excluding ortho intramolecular Hbond substituents is 1. The monoisotopic (exact) mass is 666 g/mol. The van der Waals surface area contributed by atoms with Gasteiger partial charge in [0.2, 0.25) is 23.6 Å². The van der Waals surface area contributed by atoms with Crippen molar-refractivity contribution in [2.24, 2.45) is 22.9 Å². The number of nitrogens with two attached hydrogens (primary N) is 4. The number of hydrogen-bond donors (Lipinski definition) is 11. The lowest BCUT2D eigenvalue weighted by Crippen LogP contribution is -2.60. The van der Waals surface area contributed by atoms with Gasteiger partial charge in [-0.25, -0.2) is 0 Å². The number of aromatic hydroxyl groups is 1. The van der Waals surface area contributed by atoms with E-state index in [9.17, 15) is 34.5 Å². The van der Waals surface area contributed by atoms with Gasteiger partial charge in [0, 0.05) is 36.9 Å². The van der Waals surface area contributed by atoms with Crippen molar-refractivity contribution in [3.05, 3.63) is 53.6 Å². The van der Waals surface area contributed by atoms with E-state index in [2.05, 4.69) is 21.3 Å². The van der Waals surface area contributed by atoms with Crippen LogP contribution in [0.25, 0.3) is 11.1 Å². The molecule has 1 heterocycles. The predicted molar refractivity (Wildman–Crippen MR) is 176 cm³/mol. The molecule has 0 radical (unpaired) electrons. The van der Waals surface area contributed by atoms with Crippen LogP contribution in [-0.4, -0.2) is 100 Å². The van der Waals surface area contributed by atoms with Crippen molar-refractivity contribution in [3.8, 4) is 16.9 Å². The van der Waals surface area contributed by atoms with Gasteiger partial charge >= 0.3 is 0 Å². The molecule has 2 aliphatic carbocycles. The van der Waals surface area contributed by atoms with Crippen molar-refractivity contribution in [2.45, 2.75) is 79.2 Å². The molecule has 15 nitrogen and oxygen atoms in total. The third kappa shape index (κ3) is 7.16. The van der Waals surface area contributed by atoms with Crippen molar-refractivity contribution >= 4 is 23.6 Å². The summed E-state index contributed by atoms with van der Waals surface area (Å²) in [5.74, 6) is -3.49. The molecule has 8 atom stereocenters. The second kappa shape index (κ2) is 14.2. The topological polar surface area (TPSA) is 281 Å². The smallest absolute Gasteiger partial charge is 0.246 e. The van der Waals surface area contributed by atoms with Gasteiger partial charge in [-0.05, 0) is 61.1 Å². The first kappa shape index (κ1) is 35.2. The Bertz CT molecular complexity index is 1560. The van der Waals surface area contributed by atoms with Gasteiger partial charge < -0.3 is 59.5 Å². The molecule has 0 spiro atoms. The van der Waals surface area contributed by atoms with E-state index in [0.717, 1.165) is 16.7 Å². The van der Waals surface area contributed by atoms with Crippen molar-refractivity contribution in [1.82, 2.24) is 21.3 Å². The van der Waals surface area contributed by atoms with E-state index < -0.39 is 77.4 Å². The summed E-state index contributed by atoms with van der Waals surface area (Å²) >= 11 is 0. The van der Waals surface area contributed by atoms with Gasteiger partial charge in [-0.1, -0.05) is 30.3 Å². The van der Waals surface area contributed by atoms with Gasteiger partial charge in [-0.15, -0.1) is 0 Å². The van der Waals surface area contributed by atoms with Gasteiger partial charge in [0.1, 0.15) is 22.9 Å². The Labute approximate surface area is 278 Å². The minimum Gasteiger partial charge on any atom is -0.508 e. The average Bonchev–Trinajstić information content (AvgIpc) is 3.99. The summed E-state index contributed by atoms with van der Waals surface area (Å²) in [4.78, 5) is 54.0. The van der Waals surface area contributed by atoms with Gasteiger partial charge in [0.05, 0.1) is 24.8 Å². The molecule has 1 aliphatic heterocycles. The Hall–Kier alpha value is -4.12. The number of aliphatic hydroxyl groups excluding tert-OH is 2. The molecule has 5 rings (SSSR count). The van der Waals surface area contributed by atoms with Crippen LogP contribution in [0.5, 0.6) is 5.75 Å². The van der Waals surface area contributed by atoms with Crippen LogP contribution in [0.4, 0.5) is 0 Å². The minimum absolute atomic E-state index is 0.0118. The van der Waals surface area contributed by atoms with E-state index in [1.165, 1.54) is 0 Å². The Morgan fingerprint density at radius 3 is 2.52 bits per heavy atom. The van der Waals surface area contributed by atoms with E-state index >= 15 is 0 Å². The van der Waals surface area contributed by atoms with Crippen molar-refractivity contribution in [1.29, 1.82) is 0 Å². The summed E-state index contributed by atoms with van der Waals surface area (Å²) in [5, 5.41) is 42.1. The maximum Gasteiger partial charge on any atom is 0.246 e. The average molecular weight is 667 g/mol. The highest BCUT2D eigenvalue weighted by molar-refractivity contribution is 6.00. The number of amides is 4. The molecular weight excluding hydrogens is 620 g/mol. The second-order valence-electron chi connectivity index (χ2n) is 13.2. The lowest BCUT2D eigenvalue weighted by molar-refractivity contribution is -0.134. The number of benzene rings is 2. The van der Waals surface area contributed by atoms with E-state index in [4.69, 9.17) is 22.9 Å². The molecule has 0 saturated heterocycles. The molecule has 4 amide bonds. The van der Waals surface area contributed by atoms with Crippen molar-refractivity contribution in [3.63, 3.8) is 0 Å². The Kier molecular flexibility index (Phi) is 10.4. The number of aliphatic hydroxyl groups is 2.